The lowest BCUT2D eigenvalue weighted by Crippen LogP contribution is -2.46. The Morgan fingerprint density at radius 1 is 1.00 bits per heavy atom. The molecule has 1 saturated heterocycles. The Balaban J connectivity index is 1.60. The first-order valence-corrected chi connectivity index (χ1v) is 13.2. The smallest absolute Gasteiger partial charge is 0.407 e. The van der Waals surface area contributed by atoms with Crippen LogP contribution >= 0.6 is 0 Å². The van der Waals surface area contributed by atoms with Gasteiger partial charge in [0.2, 0.25) is 5.91 Å². The third-order valence-corrected chi connectivity index (χ3v) is 7.22. The van der Waals surface area contributed by atoms with Crippen LogP contribution in [0, 0.1) is 0 Å². The Hall–Kier alpha value is -2.86. The highest BCUT2D eigenvalue weighted by Crippen LogP contribution is 2.40. The molecular weight excluding hydrogens is 438 g/mol. The van der Waals surface area contributed by atoms with Crippen molar-refractivity contribution in [3.63, 3.8) is 0 Å². The van der Waals surface area contributed by atoms with Gasteiger partial charge in [0.05, 0.1) is 12.6 Å². The van der Waals surface area contributed by atoms with Crippen molar-refractivity contribution in [3.05, 3.63) is 53.6 Å². The molecule has 1 N–H and O–H groups in total. The van der Waals surface area contributed by atoms with Crippen LogP contribution in [0.25, 0.3) is 11.1 Å². The number of amides is 2. The first-order chi connectivity index (χ1) is 17.0. The highest BCUT2D eigenvalue weighted by atomic mass is 16.5. The number of hydrogen-bond donors (Lipinski definition) is 1. The molecule has 0 radical (unpaired) electrons. The number of fused-ring (bicyclic) bond motifs is 1. The number of benzene rings is 2. The van der Waals surface area contributed by atoms with Crippen LogP contribution in [0.5, 0.6) is 0 Å². The number of nitrogens with zero attached hydrogens (tertiary/aromatic N) is 2. The monoisotopic (exact) mass is 477 g/mol. The van der Waals surface area contributed by atoms with Gasteiger partial charge in [-0.1, -0.05) is 50.6 Å². The summed E-state index contributed by atoms with van der Waals surface area (Å²) in [5, 5.41) is 3.06. The van der Waals surface area contributed by atoms with Crippen molar-refractivity contribution in [2.24, 2.45) is 0 Å². The van der Waals surface area contributed by atoms with Gasteiger partial charge in [0.15, 0.2) is 0 Å². The van der Waals surface area contributed by atoms with Crippen LogP contribution < -0.4 is 10.2 Å². The number of alkyl carbamates (subject to hydrolysis) is 1. The van der Waals surface area contributed by atoms with Crippen molar-refractivity contribution in [1.82, 2.24) is 10.2 Å². The molecule has 0 spiro atoms. The van der Waals surface area contributed by atoms with E-state index < -0.39 is 6.09 Å². The standard InChI is InChI=1S/C29H39N3O3/c1-4-17-35-29(34)30-27-19-25(5-2)32(21(3)33)28-14-13-24(18-26(27)28)23-11-9-22(10-12-23)20-31-15-7-6-8-16-31/h9-14,18,25,27H,4-8,15-17,19-20H2,1-3H3,(H,30,34)/t25-,27+/m1/s1. The molecule has 2 aliphatic heterocycles. The van der Waals surface area contributed by atoms with Crippen molar-refractivity contribution < 1.29 is 14.3 Å². The molecule has 35 heavy (non-hydrogen) atoms. The van der Waals surface area contributed by atoms with E-state index in [2.05, 4.69) is 53.5 Å². The summed E-state index contributed by atoms with van der Waals surface area (Å²) in [6.07, 6.45) is 5.81. The van der Waals surface area contributed by atoms with E-state index in [1.54, 1.807) is 6.92 Å². The SMILES string of the molecule is CCCOC(=O)N[C@H]1C[C@@H](CC)N(C(C)=O)c2ccc(-c3ccc(CN4CCCCC4)cc3)cc21. The number of carbonyl (C=O) groups is 2. The Morgan fingerprint density at radius 2 is 1.71 bits per heavy atom. The minimum Gasteiger partial charge on any atom is -0.450 e. The maximum Gasteiger partial charge on any atom is 0.407 e. The third kappa shape index (κ3) is 6.04. The largest absolute Gasteiger partial charge is 0.450 e. The maximum atomic E-state index is 12.6. The average molecular weight is 478 g/mol. The molecule has 2 atom stereocenters. The van der Waals surface area contributed by atoms with E-state index in [-0.39, 0.29) is 18.0 Å². The van der Waals surface area contributed by atoms with Crippen LogP contribution in [0.2, 0.25) is 0 Å². The average Bonchev–Trinajstić information content (AvgIpc) is 2.87. The molecule has 0 saturated carbocycles. The number of hydrogen-bond acceptors (Lipinski definition) is 4. The summed E-state index contributed by atoms with van der Waals surface area (Å²) < 4.78 is 5.31. The predicted octanol–water partition coefficient (Wildman–Crippen LogP) is 6.05. The summed E-state index contributed by atoms with van der Waals surface area (Å²) in [5.74, 6) is 0.0277. The molecule has 2 aromatic carbocycles. The number of piperidine rings is 1. The summed E-state index contributed by atoms with van der Waals surface area (Å²) in [4.78, 5) is 29.4. The number of rotatable bonds is 7. The molecule has 2 heterocycles. The number of likely N-dealkylation sites (tertiary alicyclic amines) is 1. The normalized spacial score (nSPS) is 20.3. The fraction of sp³-hybridized carbons (Fsp3) is 0.517. The van der Waals surface area contributed by atoms with E-state index in [1.165, 1.54) is 37.9 Å². The number of nitrogens with one attached hydrogen (secondary N) is 1. The predicted molar refractivity (Wildman–Crippen MR) is 140 cm³/mol. The lowest BCUT2D eigenvalue weighted by Gasteiger charge is -2.40. The zero-order valence-corrected chi connectivity index (χ0v) is 21.4. The Labute approximate surface area is 209 Å². The fourth-order valence-electron chi connectivity index (χ4n) is 5.40. The van der Waals surface area contributed by atoms with Gasteiger partial charge in [-0.2, -0.15) is 0 Å². The van der Waals surface area contributed by atoms with Gasteiger partial charge < -0.3 is 15.0 Å². The molecular formula is C29H39N3O3. The summed E-state index contributed by atoms with van der Waals surface area (Å²) in [6, 6.07) is 14.9. The first kappa shape index (κ1) is 25.2. The van der Waals surface area contributed by atoms with Gasteiger partial charge in [0, 0.05) is 25.2 Å². The Morgan fingerprint density at radius 3 is 2.37 bits per heavy atom. The van der Waals surface area contributed by atoms with Crippen LogP contribution in [-0.4, -0.2) is 42.6 Å². The van der Waals surface area contributed by atoms with Crippen LogP contribution in [0.4, 0.5) is 10.5 Å². The van der Waals surface area contributed by atoms with Gasteiger partial charge in [-0.15, -0.1) is 0 Å². The molecule has 0 aromatic heterocycles. The van der Waals surface area contributed by atoms with Gasteiger partial charge in [-0.05, 0) is 79.6 Å². The Bertz CT molecular complexity index is 1010. The van der Waals surface area contributed by atoms with Crippen LogP contribution in [0.3, 0.4) is 0 Å². The molecule has 0 aliphatic carbocycles. The van der Waals surface area contributed by atoms with Gasteiger partial charge in [0.1, 0.15) is 0 Å². The van der Waals surface area contributed by atoms with Crippen molar-refractivity contribution in [2.75, 3.05) is 24.6 Å². The molecule has 0 unspecified atom stereocenters. The molecule has 1 fully saturated rings. The molecule has 2 aromatic rings. The zero-order chi connectivity index (χ0) is 24.8. The molecule has 0 bridgehead atoms. The second-order valence-electron chi connectivity index (χ2n) is 9.83. The number of anilines is 1. The summed E-state index contributed by atoms with van der Waals surface area (Å²) in [5.41, 5.74) is 5.39. The van der Waals surface area contributed by atoms with E-state index in [0.717, 1.165) is 41.8 Å². The fourth-order valence-corrected chi connectivity index (χ4v) is 5.40. The highest BCUT2D eigenvalue weighted by molar-refractivity contribution is 5.94. The summed E-state index contributed by atoms with van der Waals surface area (Å²) in [6.45, 7) is 9.45. The van der Waals surface area contributed by atoms with Gasteiger partial charge in [-0.25, -0.2) is 4.79 Å². The molecule has 2 aliphatic rings. The van der Waals surface area contributed by atoms with Crippen molar-refractivity contribution >= 4 is 17.7 Å². The third-order valence-electron chi connectivity index (χ3n) is 7.22. The minimum atomic E-state index is -0.401. The second kappa shape index (κ2) is 11.7. The maximum absolute atomic E-state index is 12.6. The molecule has 188 valence electrons. The van der Waals surface area contributed by atoms with Gasteiger partial charge >= 0.3 is 6.09 Å². The van der Waals surface area contributed by atoms with Gasteiger partial charge in [0.25, 0.3) is 0 Å². The quantitative estimate of drug-likeness (QED) is 0.527. The van der Waals surface area contributed by atoms with E-state index in [0.29, 0.717) is 13.0 Å². The van der Waals surface area contributed by atoms with Crippen molar-refractivity contribution in [2.45, 2.75) is 77.9 Å². The van der Waals surface area contributed by atoms with Crippen molar-refractivity contribution in [1.29, 1.82) is 0 Å². The number of carbonyl (C=O) groups excluding carboxylic acids is 2. The van der Waals surface area contributed by atoms with E-state index in [9.17, 15) is 9.59 Å². The first-order valence-electron chi connectivity index (χ1n) is 13.2. The van der Waals surface area contributed by atoms with Crippen LogP contribution in [-0.2, 0) is 16.1 Å². The topological polar surface area (TPSA) is 61.9 Å². The summed E-state index contributed by atoms with van der Waals surface area (Å²) >= 11 is 0. The lowest BCUT2D eigenvalue weighted by molar-refractivity contribution is -0.117. The summed E-state index contributed by atoms with van der Waals surface area (Å²) in [7, 11) is 0. The van der Waals surface area contributed by atoms with E-state index in [1.807, 2.05) is 17.9 Å². The van der Waals surface area contributed by atoms with E-state index >= 15 is 0 Å². The molecule has 6 nitrogen and oxygen atoms in total. The highest BCUT2D eigenvalue weighted by Gasteiger charge is 2.35. The molecule has 6 heteroatoms. The molecule has 4 rings (SSSR count). The second-order valence-corrected chi connectivity index (χ2v) is 9.83. The molecule has 2 amide bonds. The lowest BCUT2D eigenvalue weighted by atomic mass is 9.87. The minimum absolute atomic E-state index is 0.0277. The van der Waals surface area contributed by atoms with Crippen LogP contribution in [0.15, 0.2) is 42.5 Å². The van der Waals surface area contributed by atoms with Crippen molar-refractivity contribution in [3.8, 4) is 11.1 Å². The van der Waals surface area contributed by atoms with Crippen LogP contribution in [0.1, 0.15) is 76.5 Å². The van der Waals surface area contributed by atoms with Gasteiger partial charge in [-0.3, -0.25) is 9.69 Å². The number of ether oxygens (including phenoxy) is 1. The van der Waals surface area contributed by atoms with E-state index in [4.69, 9.17) is 4.74 Å². The Kier molecular flexibility index (Phi) is 8.45. The zero-order valence-electron chi connectivity index (χ0n) is 21.4.